The third-order valence-electron chi connectivity index (χ3n) is 2.31. The van der Waals surface area contributed by atoms with E-state index in [2.05, 4.69) is 4.98 Å². The highest BCUT2D eigenvalue weighted by Gasteiger charge is 2.09. The molecular formula is C13H11NO3S. The summed E-state index contributed by atoms with van der Waals surface area (Å²) < 4.78 is 0. The zero-order valence-electron chi connectivity index (χ0n) is 9.42. The average Bonchev–Trinajstić information content (AvgIpc) is 2.67. The molecule has 0 saturated carbocycles. The molecule has 1 heterocycles. The number of aromatic amines is 1. The summed E-state index contributed by atoms with van der Waals surface area (Å²) in [5.41, 5.74) is 1.56. The number of carboxylic acid groups (broad SMARTS) is 1. The van der Waals surface area contributed by atoms with Crippen molar-refractivity contribution < 1.29 is 9.90 Å². The lowest BCUT2D eigenvalue weighted by Gasteiger charge is -1.94. The largest absolute Gasteiger partial charge is 0.481 e. The first-order valence-electron chi connectivity index (χ1n) is 5.32. The number of aliphatic carboxylic acids is 1. The minimum Gasteiger partial charge on any atom is -0.481 e. The van der Waals surface area contributed by atoms with Crippen LogP contribution in [0.25, 0.3) is 12.2 Å². The minimum atomic E-state index is -0.945. The van der Waals surface area contributed by atoms with Crippen LogP contribution in [0.5, 0.6) is 0 Å². The Balaban J connectivity index is 2.26. The van der Waals surface area contributed by atoms with Crippen LogP contribution in [0.4, 0.5) is 0 Å². The number of nitrogens with one attached hydrogen (secondary N) is 1. The van der Waals surface area contributed by atoms with Gasteiger partial charge in [0.2, 0.25) is 0 Å². The highest BCUT2D eigenvalue weighted by Crippen LogP contribution is 2.14. The fourth-order valence-corrected chi connectivity index (χ4v) is 2.33. The molecule has 0 fully saturated rings. The smallest absolute Gasteiger partial charge is 0.308 e. The van der Waals surface area contributed by atoms with Crippen molar-refractivity contribution in [3.8, 4) is 0 Å². The van der Waals surface area contributed by atoms with Gasteiger partial charge < -0.3 is 10.1 Å². The summed E-state index contributed by atoms with van der Waals surface area (Å²) in [6, 6.07) is 9.59. The summed E-state index contributed by atoms with van der Waals surface area (Å²) in [5.74, 6) is -0.945. The van der Waals surface area contributed by atoms with Gasteiger partial charge in [-0.25, -0.2) is 0 Å². The lowest BCUT2D eigenvalue weighted by atomic mass is 10.2. The minimum absolute atomic E-state index is 0.141. The first kappa shape index (κ1) is 12.3. The van der Waals surface area contributed by atoms with Gasteiger partial charge in [0.05, 0.1) is 12.1 Å². The van der Waals surface area contributed by atoms with E-state index in [4.69, 9.17) is 5.11 Å². The second-order valence-corrected chi connectivity index (χ2v) is 4.73. The Hall–Kier alpha value is -2.14. The number of hydrogen-bond acceptors (Lipinski definition) is 3. The van der Waals surface area contributed by atoms with Crippen LogP contribution in [0, 0.1) is 0 Å². The molecule has 1 aromatic heterocycles. The van der Waals surface area contributed by atoms with E-state index in [1.165, 1.54) is 0 Å². The summed E-state index contributed by atoms with van der Waals surface area (Å²) in [6.45, 7) is 0. The second-order valence-electron chi connectivity index (χ2n) is 3.67. The van der Waals surface area contributed by atoms with Gasteiger partial charge >= 0.3 is 10.8 Å². The van der Waals surface area contributed by atoms with E-state index in [1.807, 2.05) is 36.4 Å². The predicted octanol–water partition coefficient (Wildman–Crippen LogP) is 2.23. The number of H-pyrrole nitrogens is 1. The molecular weight excluding hydrogens is 250 g/mol. The summed E-state index contributed by atoms with van der Waals surface area (Å²) in [6.07, 6.45) is 3.42. The molecule has 2 N–H and O–H groups in total. The van der Waals surface area contributed by atoms with Gasteiger partial charge in [-0.1, -0.05) is 47.7 Å². The van der Waals surface area contributed by atoms with Crippen molar-refractivity contribution >= 4 is 29.5 Å². The fourth-order valence-electron chi connectivity index (χ4n) is 1.52. The molecule has 0 saturated heterocycles. The van der Waals surface area contributed by atoms with E-state index < -0.39 is 5.97 Å². The van der Waals surface area contributed by atoms with Gasteiger partial charge in [-0.05, 0) is 11.6 Å². The molecule has 2 aromatic rings. The normalized spacial score (nSPS) is 10.9. The number of rotatable bonds is 4. The van der Waals surface area contributed by atoms with Gasteiger partial charge in [-0.2, -0.15) is 0 Å². The third-order valence-corrected chi connectivity index (χ3v) is 3.20. The van der Waals surface area contributed by atoms with E-state index in [0.29, 0.717) is 10.6 Å². The van der Waals surface area contributed by atoms with Crippen LogP contribution in [-0.2, 0) is 11.2 Å². The Bertz CT molecular complexity index is 625. The van der Waals surface area contributed by atoms with E-state index in [-0.39, 0.29) is 11.3 Å². The van der Waals surface area contributed by atoms with Crippen molar-refractivity contribution in [2.75, 3.05) is 0 Å². The highest BCUT2D eigenvalue weighted by atomic mass is 32.1. The van der Waals surface area contributed by atoms with Gasteiger partial charge in [-0.15, -0.1) is 0 Å². The van der Waals surface area contributed by atoms with Crippen LogP contribution in [-0.4, -0.2) is 16.1 Å². The maximum Gasteiger partial charge on any atom is 0.308 e. The van der Waals surface area contributed by atoms with Crippen LogP contribution in [0.3, 0.4) is 0 Å². The third kappa shape index (κ3) is 3.18. The van der Waals surface area contributed by atoms with E-state index in [9.17, 15) is 9.59 Å². The van der Waals surface area contributed by atoms with Gasteiger partial charge in [0.25, 0.3) is 0 Å². The number of carbonyl (C=O) groups is 1. The lowest BCUT2D eigenvalue weighted by molar-refractivity contribution is -0.136. The number of aromatic nitrogens is 1. The van der Waals surface area contributed by atoms with Crippen LogP contribution >= 0.6 is 11.3 Å². The molecule has 0 spiro atoms. The molecule has 4 nitrogen and oxygen atoms in total. The molecule has 0 radical (unpaired) electrons. The first-order chi connectivity index (χ1) is 8.65. The quantitative estimate of drug-likeness (QED) is 0.886. The molecule has 0 amide bonds. The van der Waals surface area contributed by atoms with Crippen molar-refractivity contribution in [1.82, 2.24) is 4.98 Å². The topological polar surface area (TPSA) is 70.2 Å². The molecule has 5 heteroatoms. The van der Waals surface area contributed by atoms with Crippen LogP contribution in [0.2, 0.25) is 0 Å². The second kappa shape index (κ2) is 5.46. The number of benzene rings is 1. The molecule has 1 aromatic carbocycles. The van der Waals surface area contributed by atoms with Crippen molar-refractivity contribution in [2.45, 2.75) is 6.42 Å². The number of carboxylic acids is 1. The molecule has 0 bridgehead atoms. The molecule has 92 valence electrons. The van der Waals surface area contributed by atoms with Gasteiger partial charge in [0.1, 0.15) is 0 Å². The van der Waals surface area contributed by atoms with E-state index >= 15 is 0 Å². The summed E-state index contributed by atoms with van der Waals surface area (Å²) in [7, 11) is 0. The molecule has 0 aliphatic rings. The molecule has 0 atom stereocenters. The summed E-state index contributed by atoms with van der Waals surface area (Å²) in [5, 5.41) is 8.75. The lowest BCUT2D eigenvalue weighted by Crippen LogP contribution is -1.99. The van der Waals surface area contributed by atoms with Crippen molar-refractivity contribution in [1.29, 1.82) is 0 Å². The van der Waals surface area contributed by atoms with Gasteiger partial charge in [0, 0.05) is 4.88 Å². The Morgan fingerprint density at radius 1 is 1.28 bits per heavy atom. The highest BCUT2D eigenvalue weighted by molar-refractivity contribution is 7.09. The van der Waals surface area contributed by atoms with Crippen molar-refractivity contribution in [2.24, 2.45) is 0 Å². The zero-order valence-corrected chi connectivity index (χ0v) is 10.2. The maximum absolute atomic E-state index is 11.2. The molecule has 0 aliphatic carbocycles. The Morgan fingerprint density at radius 2 is 2.00 bits per heavy atom. The Morgan fingerprint density at radius 3 is 2.67 bits per heavy atom. The van der Waals surface area contributed by atoms with Crippen molar-refractivity contribution in [3.63, 3.8) is 0 Å². The monoisotopic (exact) mass is 261 g/mol. The Labute approximate surface area is 107 Å². The first-order valence-corrected chi connectivity index (χ1v) is 6.14. The van der Waals surface area contributed by atoms with Crippen molar-refractivity contribution in [3.05, 3.63) is 56.1 Å². The maximum atomic E-state index is 11.2. The number of hydrogen-bond donors (Lipinski definition) is 2. The van der Waals surface area contributed by atoms with E-state index in [1.54, 1.807) is 6.08 Å². The van der Waals surface area contributed by atoms with Gasteiger partial charge in [-0.3, -0.25) is 9.59 Å². The summed E-state index contributed by atoms with van der Waals surface area (Å²) in [4.78, 5) is 24.8. The zero-order chi connectivity index (χ0) is 13.0. The SMILES string of the molecule is O=C(O)Cc1sc(=O)[nH]c1/C=C/c1ccccc1. The molecule has 0 aliphatic heterocycles. The van der Waals surface area contributed by atoms with Crippen LogP contribution in [0.1, 0.15) is 16.1 Å². The van der Waals surface area contributed by atoms with Gasteiger partial charge in [0.15, 0.2) is 0 Å². The number of thiazole rings is 1. The Kier molecular flexibility index (Phi) is 3.74. The standard InChI is InChI=1S/C13H11NO3S/c15-12(16)8-11-10(14-13(17)18-11)7-6-9-4-2-1-3-5-9/h1-7H,8H2,(H,14,17)(H,15,16)/b7-6+. The predicted molar refractivity (Wildman–Crippen MR) is 71.6 cm³/mol. The molecule has 0 unspecified atom stereocenters. The molecule has 2 rings (SSSR count). The van der Waals surface area contributed by atoms with Crippen LogP contribution < -0.4 is 4.87 Å². The molecule has 18 heavy (non-hydrogen) atoms. The fraction of sp³-hybridized carbons (Fsp3) is 0.0769. The summed E-state index contributed by atoms with van der Waals surface area (Å²) >= 11 is 0.935. The van der Waals surface area contributed by atoms with E-state index in [0.717, 1.165) is 16.9 Å². The average molecular weight is 261 g/mol. The van der Waals surface area contributed by atoms with Crippen LogP contribution in [0.15, 0.2) is 35.1 Å².